The molecule has 5 heteroatoms. The smallest absolute Gasteiger partial charge is 0.277 e. The number of hydrogen-bond acceptors (Lipinski definition) is 4. The number of nitrogen functional groups attached to an aromatic ring is 2. The summed E-state index contributed by atoms with van der Waals surface area (Å²) in [7, 11) is 0. The first-order valence-electron chi connectivity index (χ1n) is 5.37. The van der Waals surface area contributed by atoms with E-state index in [9.17, 15) is 4.79 Å². The summed E-state index contributed by atoms with van der Waals surface area (Å²) in [5.74, 6) is 5.54. The van der Waals surface area contributed by atoms with Crippen LogP contribution in [0, 0.1) is 0 Å². The van der Waals surface area contributed by atoms with Crippen LogP contribution in [0.3, 0.4) is 0 Å². The largest absolute Gasteiger partial charge is 0.368 e. The fourth-order valence-corrected chi connectivity index (χ4v) is 1.74. The van der Waals surface area contributed by atoms with Crippen LogP contribution in [0.15, 0.2) is 35.1 Å². The number of hydrogen-bond donors (Lipinski definition) is 2. The molecule has 1 aromatic carbocycles. The van der Waals surface area contributed by atoms with Gasteiger partial charge in [0.2, 0.25) is 5.95 Å². The zero-order chi connectivity index (χ0) is 12.4. The minimum atomic E-state index is -0.293. The zero-order valence-corrected chi connectivity index (χ0v) is 9.55. The molecule has 0 saturated heterocycles. The van der Waals surface area contributed by atoms with Crippen LogP contribution in [0.5, 0.6) is 0 Å². The van der Waals surface area contributed by atoms with Gasteiger partial charge in [0.25, 0.3) is 5.56 Å². The number of anilines is 1. The molecule has 88 valence electrons. The summed E-state index contributed by atoms with van der Waals surface area (Å²) in [6, 6.07) is 9.46. The molecule has 4 N–H and O–H groups in total. The summed E-state index contributed by atoms with van der Waals surface area (Å²) in [5.41, 5.74) is 7.37. The second kappa shape index (κ2) is 4.29. The molecule has 5 nitrogen and oxygen atoms in total. The highest BCUT2D eigenvalue weighted by atomic mass is 16.1. The number of rotatable bonds is 2. The number of nitrogens with two attached hydrogens (primary N) is 2. The molecule has 1 heterocycles. The van der Waals surface area contributed by atoms with Gasteiger partial charge in [0.15, 0.2) is 0 Å². The highest BCUT2D eigenvalue weighted by molar-refractivity contribution is 5.63. The highest BCUT2D eigenvalue weighted by Gasteiger charge is 2.13. The van der Waals surface area contributed by atoms with E-state index in [0.29, 0.717) is 17.7 Å². The first kappa shape index (κ1) is 11.2. The van der Waals surface area contributed by atoms with E-state index in [1.165, 1.54) is 0 Å². The lowest BCUT2D eigenvalue weighted by Gasteiger charge is -2.10. The van der Waals surface area contributed by atoms with Crippen LogP contribution in [0.4, 0.5) is 5.95 Å². The zero-order valence-electron chi connectivity index (χ0n) is 9.55. The third-order valence-electron chi connectivity index (χ3n) is 2.64. The fraction of sp³-hybridized carbons (Fsp3) is 0.167. The number of aromatic nitrogens is 2. The Balaban J connectivity index is 2.75. The average Bonchev–Trinajstić information content (AvgIpc) is 2.36. The van der Waals surface area contributed by atoms with Crippen molar-refractivity contribution in [3.63, 3.8) is 0 Å². The predicted octanol–water partition coefficient (Wildman–Crippen LogP) is 0.769. The molecule has 1 aromatic heterocycles. The van der Waals surface area contributed by atoms with Gasteiger partial charge in [-0.25, -0.2) is 4.98 Å². The molecule has 0 atom stereocenters. The van der Waals surface area contributed by atoms with Crippen LogP contribution < -0.4 is 17.1 Å². The summed E-state index contributed by atoms with van der Waals surface area (Å²) < 4.78 is 0.880. The van der Waals surface area contributed by atoms with Gasteiger partial charge in [-0.1, -0.05) is 37.3 Å². The summed E-state index contributed by atoms with van der Waals surface area (Å²) in [6.45, 7) is 1.89. The van der Waals surface area contributed by atoms with Crippen molar-refractivity contribution in [2.75, 3.05) is 11.6 Å². The molecule has 0 fully saturated rings. The minimum Gasteiger partial charge on any atom is -0.368 e. The second-order valence-corrected chi connectivity index (χ2v) is 3.69. The number of nitrogens with zero attached hydrogens (tertiary/aromatic N) is 2. The topological polar surface area (TPSA) is 86.9 Å². The van der Waals surface area contributed by atoms with Crippen LogP contribution in [0.2, 0.25) is 0 Å². The average molecular weight is 230 g/mol. The quantitative estimate of drug-likeness (QED) is 0.746. The Morgan fingerprint density at radius 1 is 1.29 bits per heavy atom. The van der Waals surface area contributed by atoms with Crippen LogP contribution in [0.25, 0.3) is 11.3 Å². The first-order chi connectivity index (χ1) is 8.15. The Bertz CT molecular complexity index is 589. The van der Waals surface area contributed by atoms with Gasteiger partial charge in [0, 0.05) is 11.1 Å². The Labute approximate surface area is 98.7 Å². The van der Waals surface area contributed by atoms with E-state index < -0.39 is 0 Å². The summed E-state index contributed by atoms with van der Waals surface area (Å²) in [4.78, 5) is 16.1. The van der Waals surface area contributed by atoms with Gasteiger partial charge in [0.05, 0.1) is 5.69 Å². The standard InChI is InChI=1S/C12H14N4O/c1-2-9-10(8-6-4-3-5-7-8)15-12(13)16(14)11(9)17/h3-7H,2,14H2,1H3,(H2,13,15). The van der Waals surface area contributed by atoms with Crippen LogP contribution in [-0.4, -0.2) is 9.66 Å². The number of benzene rings is 1. The van der Waals surface area contributed by atoms with E-state index in [1.54, 1.807) is 0 Å². The Kier molecular flexibility index (Phi) is 2.82. The minimum absolute atomic E-state index is 0.0195. The maximum Gasteiger partial charge on any atom is 0.277 e. The lowest BCUT2D eigenvalue weighted by atomic mass is 10.1. The van der Waals surface area contributed by atoms with Crippen molar-refractivity contribution < 1.29 is 0 Å². The van der Waals surface area contributed by atoms with Gasteiger partial charge >= 0.3 is 0 Å². The second-order valence-electron chi connectivity index (χ2n) is 3.69. The lowest BCUT2D eigenvalue weighted by molar-refractivity contribution is 0.874. The van der Waals surface area contributed by atoms with Crippen LogP contribution >= 0.6 is 0 Å². The van der Waals surface area contributed by atoms with Crippen molar-refractivity contribution in [1.82, 2.24) is 9.66 Å². The molecule has 17 heavy (non-hydrogen) atoms. The molecule has 0 radical (unpaired) electrons. The Morgan fingerprint density at radius 2 is 1.94 bits per heavy atom. The van der Waals surface area contributed by atoms with Gasteiger partial charge in [-0.05, 0) is 6.42 Å². The normalized spacial score (nSPS) is 10.4. The summed E-state index contributed by atoms with van der Waals surface area (Å²) in [5, 5.41) is 0. The van der Waals surface area contributed by atoms with Gasteiger partial charge in [-0.3, -0.25) is 4.79 Å². The Hall–Kier alpha value is -2.30. The maximum absolute atomic E-state index is 11.9. The molecule has 0 spiro atoms. The van der Waals surface area contributed by atoms with Crippen molar-refractivity contribution in [1.29, 1.82) is 0 Å². The van der Waals surface area contributed by atoms with E-state index in [0.717, 1.165) is 10.2 Å². The van der Waals surface area contributed by atoms with Crippen molar-refractivity contribution >= 4 is 5.95 Å². The van der Waals surface area contributed by atoms with Crippen molar-refractivity contribution in [2.45, 2.75) is 13.3 Å². The summed E-state index contributed by atoms with van der Waals surface area (Å²) >= 11 is 0. The van der Waals surface area contributed by atoms with Gasteiger partial charge in [-0.2, -0.15) is 4.68 Å². The van der Waals surface area contributed by atoms with Gasteiger partial charge in [0.1, 0.15) is 0 Å². The van der Waals surface area contributed by atoms with Gasteiger partial charge in [-0.15, -0.1) is 0 Å². The van der Waals surface area contributed by atoms with E-state index >= 15 is 0 Å². The molecule has 2 rings (SSSR count). The SMILES string of the molecule is CCc1c(-c2ccccc2)nc(N)n(N)c1=O. The van der Waals surface area contributed by atoms with E-state index in [4.69, 9.17) is 11.6 Å². The van der Waals surface area contributed by atoms with Crippen molar-refractivity contribution in [3.05, 3.63) is 46.2 Å². The predicted molar refractivity (Wildman–Crippen MR) is 67.9 cm³/mol. The molecule has 0 unspecified atom stereocenters. The first-order valence-corrected chi connectivity index (χ1v) is 5.37. The monoisotopic (exact) mass is 230 g/mol. The molecular formula is C12H14N4O. The summed E-state index contributed by atoms with van der Waals surface area (Å²) in [6.07, 6.45) is 0.563. The fourth-order valence-electron chi connectivity index (χ4n) is 1.74. The molecule has 2 aromatic rings. The third-order valence-corrected chi connectivity index (χ3v) is 2.64. The third kappa shape index (κ3) is 1.87. The van der Waals surface area contributed by atoms with E-state index in [1.807, 2.05) is 37.3 Å². The molecule has 0 saturated carbocycles. The Morgan fingerprint density at radius 3 is 2.53 bits per heavy atom. The molecular weight excluding hydrogens is 216 g/mol. The lowest BCUT2D eigenvalue weighted by Crippen LogP contribution is -2.33. The van der Waals surface area contributed by atoms with Crippen molar-refractivity contribution in [3.8, 4) is 11.3 Å². The molecule has 0 aliphatic heterocycles. The molecule has 0 bridgehead atoms. The molecule has 0 aliphatic carbocycles. The molecule has 0 aliphatic rings. The van der Waals surface area contributed by atoms with E-state index in [2.05, 4.69) is 4.98 Å². The maximum atomic E-state index is 11.9. The molecule has 0 amide bonds. The van der Waals surface area contributed by atoms with E-state index in [-0.39, 0.29) is 11.5 Å². The van der Waals surface area contributed by atoms with Gasteiger partial charge < -0.3 is 11.6 Å². The highest BCUT2D eigenvalue weighted by Crippen LogP contribution is 2.19. The van der Waals surface area contributed by atoms with Crippen LogP contribution in [-0.2, 0) is 6.42 Å². The van der Waals surface area contributed by atoms with Crippen LogP contribution in [0.1, 0.15) is 12.5 Å². The van der Waals surface area contributed by atoms with Crippen molar-refractivity contribution in [2.24, 2.45) is 0 Å².